The number of fused-ring (bicyclic) bond motifs is 1. The first-order chi connectivity index (χ1) is 14.4. The van der Waals surface area contributed by atoms with Crippen molar-refractivity contribution >= 4 is 54.7 Å². The summed E-state index contributed by atoms with van der Waals surface area (Å²) < 4.78 is 5.49. The smallest absolute Gasteiger partial charge is 0.260 e. The molecule has 2 aromatic rings. The van der Waals surface area contributed by atoms with E-state index in [1.54, 1.807) is 7.11 Å². The largest absolute Gasteiger partial charge is 0.495 e. The van der Waals surface area contributed by atoms with Crippen LogP contribution in [-0.4, -0.2) is 68.0 Å². The summed E-state index contributed by atoms with van der Waals surface area (Å²) in [5.41, 5.74) is 1.89. The lowest BCUT2D eigenvalue weighted by atomic mass is 9.77. The van der Waals surface area contributed by atoms with Crippen molar-refractivity contribution in [3.8, 4) is 5.75 Å². The SMILES string of the molecule is COc1ccccc1N1CCN(CCN2C(=O)c3ccccc3C(C)(C)C2=O)CC1.Cl.Cl.Cl. The molecule has 2 heterocycles. The Balaban J connectivity index is 0.00000181. The third kappa shape index (κ3) is 5.57. The number of hydrogen-bond acceptors (Lipinski definition) is 5. The number of carbonyl (C=O) groups excluding carboxylic acids is 2. The zero-order chi connectivity index (χ0) is 21.3. The molecule has 0 bridgehead atoms. The van der Waals surface area contributed by atoms with Gasteiger partial charge in [-0.1, -0.05) is 30.3 Å². The third-order valence-electron chi connectivity index (χ3n) is 6.29. The molecular formula is C24H32Cl3N3O3. The van der Waals surface area contributed by atoms with Gasteiger partial charge in [0.05, 0.1) is 18.2 Å². The van der Waals surface area contributed by atoms with Crippen molar-refractivity contribution in [3.05, 3.63) is 59.7 Å². The van der Waals surface area contributed by atoms with Gasteiger partial charge in [0.25, 0.3) is 5.91 Å². The summed E-state index contributed by atoms with van der Waals surface area (Å²) in [6, 6.07) is 15.5. The van der Waals surface area contributed by atoms with Gasteiger partial charge < -0.3 is 9.64 Å². The molecule has 2 aliphatic heterocycles. The molecule has 1 fully saturated rings. The van der Waals surface area contributed by atoms with Crippen LogP contribution < -0.4 is 9.64 Å². The van der Waals surface area contributed by atoms with Crippen LogP contribution in [0.5, 0.6) is 5.75 Å². The summed E-state index contributed by atoms with van der Waals surface area (Å²) >= 11 is 0. The van der Waals surface area contributed by atoms with E-state index in [-0.39, 0.29) is 49.0 Å². The van der Waals surface area contributed by atoms with Crippen molar-refractivity contribution in [2.24, 2.45) is 0 Å². The fraction of sp³-hybridized carbons (Fsp3) is 0.417. The van der Waals surface area contributed by atoms with Gasteiger partial charge in [0.2, 0.25) is 5.91 Å². The maximum atomic E-state index is 13.1. The quantitative estimate of drug-likeness (QED) is 0.562. The van der Waals surface area contributed by atoms with Gasteiger partial charge in [0.1, 0.15) is 5.75 Å². The van der Waals surface area contributed by atoms with E-state index in [0.29, 0.717) is 18.7 Å². The van der Waals surface area contributed by atoms with E-state index < -0.39 is 5.41 Å². The first-order valence-electron chi connectivity index (χ1n) is 10.5. The number of para-hydroxylation sites is 2. The molecule has 0 aromatic heterocycles. The molecule has 2 aliphatic rings. The van der Waals surface area contributed by atoms with E-state index >= 15 is 0 Å². The molecule has 33 heavy (non-hydrogen) atoms. The van der Waals surface area contributed by atoms with Crippen molar-refractivity contribution in [1.29, 1.82) is 0 Å². The van der Waals surface area contributed by atoms with E-state index in [1.165, 1.54) is 4.90 Å². The summed E-state index contributed by atoms with van der Waals surface area (Å²) in [4.78, 5) is 32.1. The van der Waals surface area contributed by atoms with Crippen LogP contribution in [0.15, 0.2) is 48.5 Å². The lowest BCUT2D eigenvalue weighted by Gasteiger charge is -2.40. The molecule has 2 aromatic carbocycles. The normalized spacial score (nSPS) is 17.3. The highest BCUT2D eigenvalue weighted by Gasteiger charge is 2.44. The molecule has 0 N–H and O–H groups in total. The molecule has 4 rings (SSSR count). The lowest BCUT2D eigenvalue weighted by molar-refractivity contribution is -0.134. The molecule has 182 valence electrons. The highest BCUT2D eigenvalue weighted by molar-refractivity contribution is 6.12. The lowest BCUT2D eigenvalue weighted by Crippen LogP contribution is -2.55. The number of ether oxygens (including phenoxy) is 1. The Bertz CT molecular complexity index is 963. The number of hydrogen-bond donors (Lipinski definition) is 0. The van der Waals surface area contributed by atoms with Crippen LogP contribution in [-0.2, 0) is 10.2 Å². The number of methoxy groups -OCH3 is 1. The number of rotatable bonds is 5. The van der Waals surface area contributed by atoms with E-state index in [0.717, 1.165) is 43.2 Å². The highest BCUT2D eigenvalue weighted by atomic mass is 35.5. The highest BCUT2D eigenvalue weighted by Crippen LogP contribution is 2.34. The Morgan fingerprint density at radius 2 is 1.45 bits per heavy atom. The van der Waals surface area contributed by atoms with Crippen LogP contribution in [0.2, 0.25) is 0 Å². The van der Waals surface area contributed by atoms with Crippen LogP contribution in [0, 0.1) is 0 Å². The predicted octanol–water partition coefficient (Wildman–Crippen LogP) is 4.04. The number of imide groups is 1. The van der Waals surface area contributed by atoms with Crippen molar-refractivity contribution in [3.63, 3.8) is 0 Å². The Morgan fingerprint density at radius 1 is 0.848 bits per heavy atom. The van der Waals surface area contributed by atoms with Crippen molar-refractivity contribution < 1.29 is 14.3 Å². The number of halogens is 3. The zero-order valence-electron chi connectivity index (χ0n) is 19.2. The standard InChI is InChI=1S/C24H29N3O3.3ClH/c1-24(2)19-9-5-4-8-18(19)22(28)27(23(24)29)17-14-25-12-15-26(16-13-25)20-10-6-7-11-21(20)30-3;;;/h4-11H,12-17H2,1-3H3;3*1H. The molecule has 0 atom stereocenters. The van der Waals surface area contributed by atoms with Crippen molar-refractivity contribution in [2.75, 3.05) is 51.3 Å². The summed E-state index contributed by atoms with van der Waals surface area (Å²) in [7, 11) is 1.70. The second kappa shape index (κ2) is 11.9. The second-order valence-electron chi connectivity index (χ2n) is 8.43. The van der Waals surface area contributed by atoms with E-state index in [1.807, 2.05) is 56.3 Å². The zero-order valence-corrected chi connectivity index (χ0v) is 21.6. The molecule has 6 nitrogen and oxygen atoms in total. The van der Waals surface area contributed by atoms with Crippen LogP contribution in [0.25, 0.3) is 0 Å². The number of piperazine rings is 1. The Labute approximate surface area is 214 Å². The topological polar surface area (TPSA) is 53.1 Å². The molecular weight excluding hydrogens is 485 g/mol. The van der Waals surface area contributed by atoms with E-state index in [9.17, 15) is 9.59 Å². The molecule has 9 heteroatoms. The molecule has 2 amide bonds. The van der Waals surface area contributed by atoms with Crippen LogP contribution in [0.4, 0.5) is 5.69 Å². The fourth-order valence-electron chi connectivity index (χ4n) is 4.45. The van der Waals surface area contributed by atoms with Crippen LogP contribution in [0.3, 0.4) is 0 Å². The minimum absolute atomic E-state index is 0. The second-order valence-corrected chi connectivity index (χ2v) is 8.43. The molecule has 0 unspecified atom stereocenters. The van der Waals surface area contributed by atoms with Gasteiger partial charge >= 0.3 is 0 Å². The van der Waals surface area contributed by atoms with Crippen molar-refractivity contribution in [1.82, 2.24) is 9.80 Å². The predicted molar refractivity (Wildman–Crippen MR) is 139 cm³/mol. The van der Waals surface area contributed by atoms with Crippen molar-refractivity contribution in [2.45, 2.75) is 19.3 Å². The van der Waals surface area contributed by atoms with E-state index in [2.05, 4.69) is 15.9 Å². The maximum Gasteiger partial charge on any atom is 0.260 e. The first kappa shape index (κ1) is 29.0. The summed E-state index contributed by atoms with van der Waals surface area (Å²) in [6.45, 7) is 8.45. The average Bonchev–Trinajstić information content (AvgIpc) is 2.78. The number of carbonyl (C=O) groups is 2. The number of nitrogens with zero attached hydrogens (tertiary/aromatic N) is 3. The van der Waals surface area contributed by atoms with Crippen LogP contribution in [0.1, 0.15) is 29.8 Å². The molecule has 0 aliphatic carbocycles. The van der Waals surface area contributed by atoms with Gasteiger partial charge in [-0.05, 0) is 37.6 Å². The van der Waals surface area contributed by atoms with Crippen LogP contribution >= 0.6 is 37.2 Å². The Morgan fingerprint density at radius 3 is 2.12 bits per heavy atom. The number of amides is 2. The summed E-state index contributed by atoms with van der Waals surface area (Å²) in [6.07, 6.45) is 0. The van der Waals surface area contributed by atoms with Gasteiger partial charge in [-0.15, -0.1) is 37.2 Å². The Kier molecular flexibility index (Phi) is 10.5. The monoisotopic (exact) mass is 515 g/mol. The Hall–Kier alpha value is -1.99. The maximum absolute atomic E-state index is 13.1. The third-order valence-corrected chi connectivity index (χ3v) is 6.29. The van der Waals surface area contributed by atoms with Gasteiger partial charge in [0.15, 0.2) is 0 Å². The minimum atomic E-state index is -0.687. The average molecular weight is 517 g/mol. The minimum Gasteiger partial charge on any atom is -0.495 e. The molecule has 0 radical (unpaired) electrons. The van der Waals surface area contributed by atoms with Gasteiger partial charge in [-0.25, -0.2) is 0 Å². The van der Waals surface area contributed by atoms with Gasteiger partial charge in [-0.2, -0.15) is 0 Å². The molecule has 1 saturated heterocycles. The number of benzene rings is 2. The van der Waals surface area contributed by atoms with Gasteiger partial charge in [0, 0.05) is 44.8 Å². The summed E-state index contributed by atoms with van der Waals surface area (Å²) in [5, 5.41) is 0. The molecule has 0 spiro atoms. The van der Waals surface area contributed by atoms with E-state index in [4.69, 9.17) is 4.74 Å². The summed E-state index contributed by atoms with van der Waals surface area (Å²) in [5.74, 6) is 0.595. The van der Waals surface area contributed by atoms with Gasteiger partial charge in [-0.3, -0.25) is 19.4 Å². The number of anilines is 1. The fourth-order valence-corrected chi connectivity index (χ4v) is 4.45. The first-order valence-corrected chi connectivity index (χ1v) is 10.5. The molecule has 0 saturated carbocycles.